The van der Waals surface area contributed by atoms with Gasteiger partial charge in [-0.1, -0.05) is 25.5 Å². The zero-order valence-corrected chi connectivity index (χ0v) is 12.6. The third-order valence-electron chi connectivity index (χ3n) is 4.62. The topological polar surface area (TPSA) is 32.3 Å². The van der Waals surface area contributed by atoms with E-state index in [4.69, 9.17) is 0 Å². The number of hydrogen-bond acceptors (Lipinski definition) is 2. The van der Waals surface area contributed by atoms with Crippen LogP contribution in [0, 0.1) is 18.7 Å². The van der Waals surface area contributed by atoms with E-state index in [9.17, 15) is 9.50 Å². The second kappa shape index (κ2) is 6.68. The van der Waals surface area contributed by atoms with Crippen molar-refractivity contribution in [2.24, 2.45) is 5.92 Å². The number of hydrogen-bond donors (Lipinski definition) is 2. The van der Waals surface area contributed by atoms with E-state index in [0.29, 0.717) is 18.7 Å². The third kappa shape index (κ3) is 4.03. The fourth-order valence-corrected chi connectivity index (χ4v) is 3.06. The Morgan fingerprint density at radius 2 is 2.05 bits per heavy atom. The second-order valence-electron chi connectivity index (χ2n) is 6.26. The van der Waals surface area contributed by atoms with Gasteiger partial charge in [0, 0.05) is 13.1 Å². The van der Waals surface area contributed by atoms with Crippen molar-refractivity contribution in [3.05, 3.63) is 35.1 Å². The van der Waals surface area contributed by atoms with Crippen molar-refractivity contribution in [2.75, 3.05) is 6.54 Å². The first-order valence-corrected chi connectivity index (χ1v) is 7.70. The molecule has 1 fully saturated rings. The van der Waals surface area contributed by atoms with Gasteiger partial charge in [0.05, 0.1) is 5.60 Å². The van der Waals surface area contributed by atoms with Gasteiger partial charge in [0.25, 0.3) is 0 Å². The van der Waals surface area contributed by atoms with E-state index in [1.165, 1.54) is 12.5 Å². The zero-order chi connectivity index (χ0) is 14.6. The van der Waals surface area contributed by atoms with Crippen LogP contribution in [0.2, 0.25) is 0 Å². The van der Waals surface area contributed by atoms with Gasteiger partial charge < -0.3 is 10.4 Å². The Bertz CT molecular complexity index is 439. The van der Waals surface area contributed by atoms with Gasteiger partial charge in [-0.3, -0.25) is 0 Å². The highest BCUT2D eigenvalue weighted by Gasteiger charge is 2.31. The highest BCUT2D eigenvalue weighted by molar-refractivity contribution is 5.23. The Balaban J connectivity index is 1.79. The smallest absolute Gasteiger partial charge is 0.126 e. The standard InChI is InChI=1S/C17H26FNO/c1-3-14-6-8-17(20,9-7-14)12-19-11-15-4-5-16(18)13(2)10-15/h4-5,10,14,19-20H,3,6-9,11-12H2,1-2H3. The average Bonchev–Trinajstić information content (AvgIpc) is 2.44. The summed E-state index contributed by atoms with van der Waals surface area (Å²) in [7, 11) is 0. The van der Waals surface area contributed by atoms with Crippen LogP contribution in [0.4, 0.5) is 4.39 Å². The highest BCUT2D eigenvalue weighted by atomic mass is 19.1. The molecule has 2 nitrogen and oxygen atoms in total. The number of aryl methyl sites for hydroxylation is 1. The Hall–Kier alpha value is -0.930. The molecule has 112 valence electrons. The summed E-state index contributed by atoms with van der Waals surface area (Å²) in [6, 6.07) is 5.17. The van der Waals surface area contributed by atoms with E-state index in [0.717, 1.165) is 37.2 Å². The predicted octanol–water partition coefficient (Wildman–Crippen LogP) is 3.56. The normalized spacial score (nSPS) is 26.7. The van der Waals surface area contributed by atoms with Crippen LogP contribution >= 0.6 is 0 Å². The van der Waals surface area contributed by atoms with Crippen LogP contribution in [0.5, 0.6) is 0 Å². The molecule has 0 heterocycles. The molecule has 1 aromatic rings. The fraction of sp³-hybridized carbons (Fsp3) is 0.647. The lowest BCUT2D eigenvalue weighted by atomic mass is 9.78. The summed E-state index contributed by atoms with van der Waals surface area (Å²) in [6.45, 7) is 5.31. The van der Waals surface area contributed by atoms with Gasteiger partial charge in [-0.25, -0.2) is 4.39 Å². The van der Waals surface area contributed by atoms with Crippen molar-refractivity contribution in [3.63, 3.8) is 0 Å². The summed E-state index contributed by atoms with van der Waals surface area (Å²) < 4.78 is 13.2. The molecule has 3 heteroatoms. The maximum Gasteiger partial charge on any atom is 0.126 e. The molecule has 1 aromatic carbocycles. The molecule has 0 spiro atoms. The Morgan fingerprint density at radius 1 is 1.35 bits per heavy atom. The molecule has 0 aliphatic heterocycles. The lowest BCUT2D eigenvalue weighted by Gasteiger charge is -2.36. The first-order valence-electron chi connectivity index (χ1n) is 7.70. The van der Waals surface area contributed by atoms with E-state index >= 15 is 0 Å². The Labute approximate surface area is 121 Å². The molecule has 0 saturated heterocycles. The van der Waals surface area contributed by atoms with E-state index in [-0.39, 0.29) is 5.82 Å². The van der Waals surface area contributed by atoms with Gasteiger partial charge in [0.1, 0.15) is 5.82 Å². The van der Waals surface area contributed by atoms with Crippen molar-refractivity contribution in [1.82, 2.24) is 5.32 Å². The summed E-state index contributed by atoms with van der Waals surface area (Å²) >= 11 is 0. The Kier molecular flexibility index (Phi) is 5.17. The first kappa shape index (κ1) is 15.5. The third-order valence-corrected chi connectivity index (χ3v) is 4.62. The lowest BCUT2D eigenvalue weighted by molar-refractivity contribution is -0.00881. The molecule has 1 saturated carbocycles. The molecule has 20 heavy (non-hydrogen) atoms. The maximum atomic E-state index is 13.2. The van der Waals surface area contributed by atoms with Gasteiger partial charge in [-0.15, -0.1) is 0 Å². The van der Waals surface area contributed by atoms with Crippen LogP contribution in [-0.4, -0.2) is 17.3 Å². The Morgan fingerprint density at radius 3 is 2.65 bits per heavy atom. The second-order valence-corrected chi connectivity index (χ2v) is 6.26. The first-order chi connectivity index (χ1) is 9.52. The van der Waals surface area contributed by atoms with Gasteiger partial charge in [0.2, 0.25) is 0 Å². The molecule has 2 N–H and O–H groups in total. The van der Waals surface area contributed by atoms with Crippen molar-refractivity contribution in [2.45, 2.75) is 58.1 Å². The lowest BCUT2D eigenvalue weighted by Crippen LogP contribution is -2.43. The van der Waals surface area contributed by atoms with E-state index in [1.807, 2.05) is 6.07 Å². The monoisotopic (exact) mass is 279 g/mol. The summed E-state index contributed by atoms with van der Waals surface area (Å²) in [4.78, 5) is 0. The zero-order valence-electron chi connectivity index (χ0n) is 12.6. The summed E-state index contributed by atoms with van der Waals surface area (Å²) in [5.41, 5.74) is 1.18. The minimum absolute atomic E-state index is 0.162. The van der Waals surface area contributed by atoms with E-state index < -0.39 is 5.60 Å². The SMILES string of the molecule is CCC1CCC(O)(CNCc2ccc(F)c(C)c2)CC1. The molecule has 0 unspecified atom stereocenters. The minimum Gasteiger partial charge on any atom is -0.389 e. The van der Waals surface area contributed by atoms with E-state index in [1.54, 1.807) is 13.0 Å². The summed E-state index contributed by atoms with van der Waals surface area (Å²) in [5.74, 6) is 0.625. The van der Waals surface area contributed by atoms with Crippen LogP contribution in [0.3, 0.4) is 0 Å². The van der Waals surface area contributed by atoms with E-state index in [2.05, 4.69) is 12.2 Å². The number of nitrogens with one attached hydrogen (secondary N) is 1. The molecule has 0 atom stereocenters. The van der Waals surface area contributed by atoms with Crippen LogP contribution in [0.25, 0.3) is 0 Å². The van der Waals surface area contributed by atoms with Crippen molar-refractivity contribution in [3.8, 4) is 0 Å². The molecule has 1 aliphatic carbocycles. The molecular weight excluding hydrogens is 253 g/mol. The predicted molar refractivity (Wildman–Crippen MR) is 80.0 cm³/mol. The molecule has 0 radical (unpaired) electrons. The highest BCUT2D eigenvalue weighted by Crippen LogP contribution is 2.33. The van der Waals surface area contributed by atoms with Crippen LogP contribution in [-0.2, 0) is 6.54 Å². The maximum absolute atomic E-state index is 13.2. The average molecular weight is 279 g/mol. The largest absolute Gasteiger partial charge is 0.389 e. The van der Waals surface area contributed by atoms with Crippen molar-refractivity contribution >= 4 is 0 Å². The van der Waals surface area contributed by atoms with Crippen molar-refractivity contribution < 1.29 is 9.50 Å². The van der Waals surface area contributed by atoms with Crippen LogP contribution in [0.15, 0.2) is 18.2 Å². The quantitative estimate of drug-likeness (QED) is 0.864. The number of aliphatic hydroxyl groups is 1. The summed E-state index contributed by atoms with van der Waals surface area (Å²) in [6.07, 6.45) is 5.26. The molecule has 2 rings (SSSR count). The van der Waals surface area contributed by atoms with Crippen molar-refractivity contribution in [1.29, 1.82) is 0 Å². The minimum atomic E-state index is -0.555. The van der Waals surface area contributed by atoms with Gasteiger partial charge in [-0.2, -0.15) is 0 Å². The van der Waals surface area contributed by atoms with Crippen LogP contribution in [0.1, 0.15) is 50.2 Å². The molecule has 0 bridgehead atoms. The molecule has 0 aromatic heterocycles. The number of halogens is 1. The number of benzene rings is 1. The molecule has 0 amide bonds. The summed E-state index contributed by atoms with van der Waals surface area (Å²) in [5, 5.41) is 13.9. The van der Waals surface area contributed by atoms with Crippen LogP contribution < -0.4 is 5.32 Å². The van der Waals surface area contributed by atoms with Gasteiger partial charge >= 0.3 is 0 Å². The molecular formula is C17H26FNO. The fourth-order valence-electron chi connectivity index (χ4n) is 3.06. The van der Waals surface area contributed by atoms with Gasteiger partial charge in [0.15, 0.2) is 0 Å². The molecule has 1 aliphatic rings. The number of rotatable bonds is 5. The van der Waals surface area contributed by atoms with Gasteiger partial charge in [-0.05, 0) is 55.7 Å².